The molecule has 1 aliphatic rings. The van der Waals surface area contributed by atoms with Gasteiger partial charge >= 0.3 is 0 Å². The first-order valence-electron chi connectivity index (χ1n) is 14.2. The highest BCUT2D eigenvalue weighted by Gasteiger charge is 2.30. The molecule has 1 aromatic heterocycles. The Kier molecular flexibility index (Phi) is 7.99. The number of amides is 1. The quantitative estimate of drug-likeness (QED) is 0.277. The third kappa shape index (κ3) is 5.56. The number of hydrogen-bond donors (Lipinski definition) is 1. The number of carbonyl (C=O) groups excluding carboxylic acids is 1. The Morgan fingerprint density at radius 2 is 1.37 bits per heavy atom. The molecule has 4 aromatic rings. The van der Waals surface area contributed by atoms with Crippen molar-refractivity contribution in [1.82, 2.24) is 14.8 Å². The van der Waals surface area contributed by atoms with Crippen LogP contribution in [0.3, 0.4) is 0 Å². The van der Waals surface area contributed by atoms with Crippen molar-refractivity contribution in [3.8, 4) is 0 Å². The maximum Gasteiger partial charge on any atom is 0.268 e. The van der Waals surface area contributed by atoms with Crippen LogP contribution in [0.25, 0.3) is 10.9 Å². The summed E-state index contributed by atoms with van der Waals surface area (Å²) in [6.45, 7) is 12.4. The molecule has 5 rings (SSSR count). The molecule has 3 aromatic carbocycles. The molecule has 0 bridgehead atoms. The Balaban J connectivity index is 1.73. The molecule has 1 saturated heterocycles. The van der Waals surface area contributed by atoms with Gasteiger partial charge in [0.15, 0.2) is 0 Å². The monoisotopic (exact) mass is 507 g/mol. The molecule has 4 nitrogen and oxygen atoms in total. The van der Waals surface area contributed by atoms with Crippen molar-refractivity contribution in [3.05, 3.63) is 106 Å². The normalized spacial score (nSPS) is 14.5. The second kappa shape index (κ2) is 11.6. The van der Waals surface area contributed by atoms with Gasteiger partial charge < -0.3 is 14.8 Å². The fourth-order valence-electron chi connectivity index (χ4n) is 5.90. The number of aromatic nitrogens is 1. The lowest BCUT2D eigenvalue weighted by Crippen LogP contribution is -2.35. The summed E-state index contributed by atoms with van der Waals surface area (Å²) in [6.07, 6.45) is 3.85. The number of nitrogens with one attached hydrogen (secondary N) is 1. The van der Waals surface area contributed by atoms with Crippen LogP contribution in [-0.4, -0.2) is 41.1 Å². The summed E-state index contributed by atoms with van der Waals surface area (Å²) in [5, 5.41) is 4.40. The first kappa shape index (κ1) is 26.2. The van der Waals surface area contributed by atoms with Crippen LogP contribution in [-0.2, 0) is 6.54 Å². The van der Waals surface area contributed by atoms with E-state index in [0.29, 0.717) is 0 Å². The van der Waals surface area contributed by atoms with E-state index in [9.17, 15) is 4.79 Å². The van der Waals surface area contributed by atoms with Crippen LogP contribution in [0.1, 0.15) is 77.3 Å². The number of likely N-dealkylation sites (tertiary alicyclic amines) is 1. The Labute approximate surface area is 227 Å². The van der Waals surface area contributed by atoms with Crippen molar-refractivity contribution in [1.29, 1.82) is 0 Å². The average molecular weight is 508 g/mol. The fraction of sp³-hybridized carbons (Fsp3) is 0.382. The van der Waals surface area contributed by atoms with E-state index in [0.717, 1.165) is 48.3 Å². The topological polar surface area (TPSA) is 37.3 Å². The van der Waals surface area contributed by atoms with Gasteiger partial charge in [-0.1, -0.05) is 84.3 Å². The second-order valence-electron chi connectivity index (χ2n) is 11.2. The predicted molar refractivity (Wildman–Crippen MR) is 158 cm³/mol. The standard InChI is InChI=1S/C34H41N3O/c1-24(2)35-34(38)33-32(31(27-16-12-25(3)13-17-27)28-18-14-26(4)15-19-28)29-10-6-7-11-30(29)37(33)23-22-36-20-8-5-9-21-36/h6-7,10-19,24,31H,5,8-9,20-23H2,1-4H3,(H,35,38). The molecular formula is C34H41N3O. The highest BCUT2D eigenvalue weighted by atomic mass is 16.2. The summed E-state index contributed by atoms with van der Waals surface area (Å²) in [4.78, 5) is 16.6. The van der Waals surface area contributed by atoms with E-state index in [2.05, 4.69) is 101 Å². The zero-order valence-corrected chi connectivity index (χ0v) is 23.3. The molecule has 1 N–H and O–H groups in total. The minimum atomic E-state index is -0.0507. The lowest BCUT2D eigenvalue weighted by atomic mass is 9.83. The van der Waals surface area contributed by atoms with Gasteiger partial charge in [-0.2, -0.15) is 0 Å². The molecule has 1 aliphatic heterocycles. The maximum atomic E-state index is 14.0. The Hall–Kier alpha value is -3.37. The first-order chi connectivity index (χ1) is 18.4. The number of para-hydroxylation sites is 1. The van der Waals surface area contributed by atoms with Gasteiger partial charge in [-0.05, 0) is 70.8 Å². The Morgan fingerprint density at radius 1 is 0.789 bits per heavy atom. The van der Waals surface area contributed by atoms with Crippen LogP contribution in [0.5, 0.6) is 0 Å². The predicted octanol–water partition coefficient (Wildman–Crippen LogP) is 7.06. The number of fused-ring (bicyclic) bond motifs is 1. The van der Waals surface area contributed by atoms with Gasteiger partial charge in [0, 0.05) is 41.5 Å². The highest BCUT2D eigenvalue weighted by Crippen LogP contribution is 2.40. The molecule has 1 fully saturated rings. The summed E-state index contributed by atoms with van der Waals surface area (Å²) in [5.74, 6) is -0.0423. The minimum absolute atomic E-state index is 0.00840. The van der Waals surface area contributed by atoms with Gasteiger partial charge in [-0.15, -0.1) is 0 Å². The molecule has 0 aliphatic carbocycles. The van der Waals surface area contributed by atoms with E-state index in [-0.39, 0.29) is 17.9 Å². The number of aryl methyl sites for hydroxylation is 2. The van der Waals surface area contributed by atoms with E-state index >= 15 is 0 Å². The zero-order chi connectivity index (χ0) is 26.6. The lowest BCUT2D eigenvalue weighted by molar-refractivity contribution is 0.0932. The van der Waals surface area contributed by atoms with E-state index < -0.39 is 0 Å². The smallest absolute Gasteiger partial charge is 0.268 e. The van der Waals surface area contributed by atoms with E-state index in [1.807, 2.05) is 13.8 Å². The van der Waals surface area contributed by atoms with Crippen LogP contribution >= 0.6 is 0 Å². The van der Waals surface area contributed by atoms with Gasteiger partial charge in [0.1, 0.15) is 5.69 Å². The van der Waals surface area contributed by atoms with Crippen molar-refractivity contribution >= 4 is 16.8 Å². The third-order valence-corrected chi connectivity index (χ3v) is 7.84. The van der Waals surface area contributed by atoms with Crippen molar-refractivity contribution in [3.63, 3.8) is 0 Å². The van der Waals surface area contributed by atoms with Crippen LogP contribution in [0.4, 0.5) is 0 Å². The molecule has 0 radical (unpaired) electrons. The van der Waals surface area contributed by atoms with Crippen LogP contribution in [0, 0.1) is 13.8 Å². The van der Waals surface area contributed by atoms with Gasteiger partial charge in [0.25, 0.3) is 5.91 Å². The number of hydrogen-bond acceptors (Lipinski definition) is 2. The molecular weight excluding hydrogens is 466 g/mol. The molecule has 0 spiro atoms. The first-order valence-corrected chi connectivity index (χ1v) is 14.2. The number of benzene rings is 3. The minimum Gasteiger partial charge on any atom is -0.349 e. The number of rotatable bonds is 8. The van der Waals surface area contributed by atoms with Crippen molar-refractivity contribution in [2.24, 2.45) is 0 Å². The molecule has 2 heterocycles. The summed E-state index contributed by atoms with van der Waals surface area (Å²) in [5.41, 5.74) is 7.91. The zero-order valence-electron chi connectivity index (χ0n) is 23.3. The molecule has 0 saturated carbocycles. The number of carbonyl (C=O) groups is 1. The molecule has 38 heavy (non-hydrogen) atoms. The van der Waals surface area contributed by atoms with Crippen LogP contribution in [0.15, 0.2) is 72.8 Å². The molecule has 4 heteroatoms. The Morgan fingerprint density at radius 3 is 1.95 bits per heavy atom. The van der Waals surface area contributed by atoms with Crippen molar-refractivity contribution in [2.75, 3.05) is 19.6 Å². The number of nitrogens with zero attached hydrogens (tertiary/aromatic N) is 2. The van der Waals surface area contributed by atoms with Gasteiger partial charge in [-0.25, -0.2) is 0 Å². The summed E-state index contributed by atoms with van der Waals surface area (Å²) >= 11 is 0. The molecule has 0 atom stereocenters. The van der Waals surface area contributed by atoms with Crippen LogP contribution in [0.2, 0.25) is 0 Å². The maximum absolute atomic E-state index is 14.0. The Bertz CT molecular complexity index is 1330. The molecule has 0 unspecified atom stereocenters. The number of piperidine rings is 1. The largest absolute Gasteiger partial charge is 0.349 e. The molecule has 1 amide bonds. The third-order valence-electron chi connectivity index (χ3n) is 7.84. The van der Waals surface area contributed by atoms with E-state index in [1.54, 1.807) is 0 Å². The lowest BCUT2D eigenvalue weighted by Gasteiger charge is -2.27. The van der Waals surface area contributed by atoms with Crippen molar-refractivity contribution < 1.29 is 4.79 Å². The fourth-order valence-corrected chi connectivity index (χ4v) is 5.90. The second-order valence-corrected chi connectivity index (χ2v) is 11.2. The SMILES string of the molecule is Cc1ccc(C(c2ccc(C)cc2)c2c(C(=O)NC(C)C)n(CCN3CCCCC3)c3ccccc23)cc1. The van der Waals surface area contributed by atoms with Gasteiger partial charge in [0.05, 0.1) is 0 Å². The molecule has 198 valence electrons. The van der Waals surface area contributed by atoms with E-state index in [1.165, 1.54) is 41.5 Å². The van der Waals surface area contributed by atoms with E-state index in [4.69, 9.17) is 0 Å². The van der Waals surface area contributed by atoms with Crippen molar-refractivity contribution in [2.45, 2.75) is 65.5 Å². The summed E-state index contributed by atoms with van der Waals surface area (Å²) in [6, 6.07) is 26.3. The average Bonchev–Trinajstić information content (AvgIpc) is 3.24. The summed E-state index contributed by atoms with van der Waals surface area (Å²) < 4.78 is 2.30. The van der Waals surface area contributed by atoms with Crippen LogP contribution < -0.4 is 5.32 Å². The summed E-state index contributed by atoms with van der Waals surface area (Å²) in [7, 11) is 0. The van der Waals surface area contributed by atoms with Gasteiger partial charge in [-0.3, -0.25) is 4.79 Å². The highest BCUT2D eigenvalue weighted by molar-refractivity contribution is 6.03. The van der Waals surface area contributed by atoms with Gasteiger partial charge in [0.2, 0.25) is 0 Å².